The number of nitrogens with zero attached hydrogens (tertiary/aromatic N) is 2. The molecule has 1 aromatic heterocycles. The molecular weight excluding hydrogens is 282 g/mol. The molecule has 0 radical (unpaired) electrons. The lowest BCUT2D eigenvalue weighted by Crippen LogP contribution is -2.59. The van der Waals surface area contributed by atoms with Crippen LogP contribution in [-0.2, 0) is 10.0 Å². The van der Waals surface area contributed by atoms with Gasteiger partial charge in [0.1, 0.15) is 0 Å². The molecule has 0 spiro atoms. The highest BCUT2D eigenvalue weighted by Crippen LogP contribution is 2.33. The number of hydrogen-bond donors (Lipinski definition) is 4. The van der Waals surface area contributed by atoms with Crippen molar-refractivity contribution in [1.82, 2.24) is 14.9 Å². The standard InChI is InChI=1S/C11H19N5O3S/c1-8-2-5-11(6-3-8,10(12)15-17)16-20(18,19)9-4-7-13-14-9/h4,7-8,16-17H,2-3,5-6H2,1H3,(H2,12,15)(H,13,14). The molecule has 0 saturated heterocycles. The Labute approximate surface area is 117 Å². The van der Waals surface area contributed by atoms with Crippen LogP contribution in [0.15, 0.2) is 22.4 Å². The van der Waals surface area contributed by atoms with E-state index in [0.717, 1.165) is 12.8 Å². The highest BCUT2D eigenvalue weighted by Gasteiger charge is 2.42. The summed E-state index contributed by atoms with van der Waals surface area (Å²) in [6.07, 6.45) is 3.96. The van der Waals surface area contributed by atoms with Crippen LogP contribution in [-0.4, -0.2) is 35.2 Å². The number of nitrogens with two attached hydrogens (primary N) is 1. The lowest BCUT2D eigenvalue weighted by molar-refractivity contribution is 0.266. The third-order valence-corrected chi connectivity index (χ3v) is 5.29. The van der Waals surface area contributed by atoms with Crippen molar-refractivity contribution in [3.05, 3.63) is 12.3 Å². The molecule has 1 heterocycles. The Bertz CT molecular complexity index is 573. The van der Waals surface area contributed by atoms with Gasteiger partial charge in [0.15, 0.2) is 10.9 Å². The van der Waals surface area contributed by atoms with Crippen LogP contribution in [0.4, 0.5) is 0 Å². The lowest BCUT2D eigenvalue weighted by atomic mass is 9.77. The fourth-order valence-electron chi connectivity index (χ4n) is 2.47. The molecule has 0 atom stereocenters. The molecule has 112 valence electrons. The minimum Gasteiger partial charge on any atom is -0.409 e. The first-order valence-corrected chi connectivity index (χ1v) is 7.89. The monoisotopic (exact) mass is 301 g/mol. The van der Waals surface area contributed by atoms with E-state index in [1.54, 1.807) is 0 Å². The smallest absolute Gasteiger partial charge is 0.258 e. The molecule has 1 aromatic rings. The molecule has 9 heteroatoms. The van der Waals surface area contributed by atoms with Crippen molar-refractivity contribution >= 4 is 15.9 Å². The average molecular weight is 301 g/mol. The Morgan fingerprint density at radius 2 is 2.25 bits per heavy atom. The number of rotatable bonds is 4. The SMILES string of the molecule is CC1CCC(NS(=O)(=O)c2ccn[nH]2)(C(N)=NO)CC1. The number of oxime groups is 1. The molecule has 20 heavy (non-hydrogen) atoms. The van der Waals surface area contributed by atoms with Crippen LogP contribution in [0.2, 0.25) is 0 Å². The van der Waals surface area contributed by atoms with Crippen LogP contribution in [0.3, 0.4) is 0 Å². The van der Waals surface area contributed by atoms with E-state index >= 15 is 0 Å². The summed E-state index contributed by atoms with van der Waals surface area (Å²) in [6, 6.07) is 1.35. The highest BCUT2D eigenvalue weighted by atomic mass is 32.2. The molecule has 1 fully saturated rings. The summed E-state index contributed by atoms with van der Waals surface area (Å²) in [5.74, 6) is 0.388. The summed E-state index contributed by atoms with van der Waals surface area (Å²) >= 11 is 0. The predicted octanol–water partition coefficient (Wildman–Crippen LogP) is 0.383. The van der Waals surface area contributed by atoms with E-state index in [-0.39, 0.29) is 10.9 Å². The molecule has 0 amide bonds. The van der Waals surface area contributed by atoms with Gasteiger partial charge >= 0.3 is 0 Å². The molecule has 1 aliphatic rings. The summed E-state index contributed by atoms with van der Waals surface area (Å²) < 4.78 is 27.2. The number of aromatic amines is 1. The van der Waals surface area contributed by atoms with Gasteiger partial charge in [0.25, 0.3) is 10.0 Å². The Balaban J connectivity index is 2.30. The van der Waals surface area contributed by atoms with E-state index < -0.39 is 15.6 Å². The van der Waals surface area contributed by atoms with Gasteiger partial charge < -0.3 is 10.9 Å². The summed E-state index contributed by atoms with van der Waals surface area (Å²) in [4.78, 5) is 0. The quantitative estimate of drug-likeness (QED) is 0.276. The fourth-order valence-corrected chi connectivity index (χ4v) is 3.81. The third kappa shape index (κ3) is 2.78. The number of amidine groups is 1. The Hall–Kier alpha value is -1.61. The number of nitrogens with one attached hydrogen (secondary N) is 2. The van der Waals surface area contributed by atoms with E-state index in [1.165, 1.54) is 12.3 Å². The van der Waals surface area contributed by atoms with Crippen LogP contribution in [0.5, 0.6) is 0 Å². The van der Waals surface area contributed by atoms with Crippen LogP contribution < -0.4 is 10.5 Å². The summed E-state index contributed by atoms with van der Waals surface area (Å²) in [7, 11) is -3.79. The molecule has 1 aliphatic carbocycles. The van der Waals surface area contributed by atoms with Crippen molar-refractivity contribution in [2.75, 3.05) is 0 Å². The summed E-state index contributed by atoms with van der Waals surface area (Å²) in [5.41, 5.74) is 4.70. The van der Waals surface area contributed by atoms with E-state index in [1.807, 2.05) is 0 Å². The maximum Gasteiger partial charge on any atom is 0.258 e. The van der Waals surface area contributed by atoms with E-state index in [0.29, 0.717) is 18.8 Å². The second-order valence-corrected chi connectivity index (χ2v) is 6.93. The van der Waals surface area contributed by atoms with Crippen LogP contribution in [0, 0.1) is 5.92 Å². The molecule has 0 aromatic carbocycles. The molecule has 0 aliphatic heterocycles. The second kappa shape index (κ2) is 5.41. The largest absolute Gasteiger partial charge is 0.409 e. The zero-order valence-electron chi connectivity index (χ0n) is 11.2. The predicted molar refractivity (Wildman–Crippen MR) is 72.7 cm³/mol. The minimum atomic E-state index is -3.79. The van der Waals surface area contributed by atoms with Crippen molar-refractivity contribution in [2.45, 2.75) is 43.2 Å². The van der Waals surface area contributed by atoms with Crippen molar-refractivity contribution in [2.24, 2.45) is 16.8 Å². The Morgan fingerprint density at radius 1 is 1.60 bits per heavy atom. The highest BCUT2D eigenvalue weighted by molar-refractivity contribution is 7.89. The summed E-state index contributed by atoms with van der Waals surface area (Å²) in [6.45, 7) is 2.10. The van der Waals surface area contributed by atoms with Crippen molar-refractivity contribution in [1.29, 1.82) is 0 Å². The first kappa shape index (κ1) is 14.8. The molecule has 5 N–H and O–H groups in total. The van der Waals surface area contributed by atoms with E-state index in [4.69, 9.17) is 10.9 Å². The Kier molecular flexibility index (Phi) is 4.00. The van der Waals surface area contributed by atoms with Gasteiger partial charge in [-0.15, -0.1) is 0 Å². The van der Waals surface area contributed by atoms with Crippen molar-refractivity contribution in [3.63, 3.8) is 0 Å². The molecule has 8 nitrogen and oxygen atoms in total. The van der Waals surface area contributed by atoms with Crippen LogP contribution in [0.1, 0.15) is 32.6 Å². The molecule has 0 unspecified atom stereocenters. The van der Waals surface area contributed by atoms with Crippen molar-refractivity contribution < 1.29 is 13.6 Å². The maximum atomic E-state index is 12.3. The number of aromatic nitrogens is 2. The fraction of sp³-hybridized carbons (Fsp3) is 0.636. The summed E-state index contributed by atoms with van der Waals surface area (Å²) in [5, 5.41) is 18.0. The second-order valence-electron chi connectivity index (χ2n) is 5.28. The lowest BCUT2D eigenvalue weighted by Gasteiger charge is -2.38. The third-order valence-electron chi connectivity index (χ3n) is 3.82. The van der Waals surface area contributed by atoms with Crippen LogP contribution in [0.25, 0.3) is 0 Å². The van der Waals surface area contributed by atoms with Gasteiger partial charge in [0.2, 0.25) is 0 Å². The minimum absolute atomic E-state index is 0.0405. The molecule has 2 rings (SSSR count). The normalized spacial score (nSPS) is 28.4. The molecular formula is C11H19N5O3S. The number of H-pyrrole nitrogens is 1. The zero-order valence-corrected chi connectivity index (χ0v) is 12.0. The topological polar surface area (TPSA) is 133 Å². The van der Waals surface area contributed by atoms with Crippen LogP contribution >= 0.6 is 0 Å². The Morgan fingerprint density at radius 3 is 2.75 bits per heavy atom. The van der Waals surface area contributed by atoms with Crippen molar-refractivity contribution in [3.8, 4) is 0 Å². The van der Waals surface area contributed by atoms with Gasteiger partial charge in [-0.25, -0.2) is 8.42 Å². The van der Waals surface area contributed by atoms with Gasteiger partial charge in [-0.05, 0) is 37.7 Å². The first-order valence-electron chi connectivity index (χ1n) is 6.41. The first-order chi connectivity index (χ1) is 9.39. The van der Waals surface area contributed by atoms with E-state index in [2.05, 4.69) is 27.0 Å². The zero-order chi connectivity index (χ0) is 14.8. The van der Waals surface area contributed by atoms with Gasteiger partial charge in [0, 0.05) is 0 Å². The number of hydrogen-bond acceptors (Lipinski definition) is 5. The number of sulfonamides is 1. The van der Waals surface area contributed by atoms with Gasteiger partial charge in [-0.3, -0.25) is 5.10 Å². The average Bonchev–Trinajstić information content (AvgIpc) is 2.95. The molecule has 0 bridgehead atoms. The van der Waals surface area contributed by atoms with Gasteiger partial charge in [0.05, 0.1) is 11.7 Å². The van der Waals surface area contributed by atoms with E-state index in [9.17, 15) is 8.42 Å². The van der Waals surface area contributed by atoms with Gasteiger partial charge in [-0.1, -0.05) is 12.1 Å². The molecule has 1 saturated carbocycles. The maximum absolute atomic E-state index is 12.3. The van der Waals surface area contributed by atoms with Gasteiger partial charge in [-0.2, -0.15) is 9.82 Å².